The van der Waals surface area contributed by atoms with Crippen LogP contribution in [0.15, 0.2) is 18.7 Å². The molecule has 1 rings (SSSR count). The van der Waals surface area contributed by atoms with Crippen molar-refractivity contribution in [3.8, 4) is 0 Å². The maximum absolute atomic E-state index is 10.1. The second kappa shape index (κ2) is 2.49. The Hall–Kier alpha value is -1.36. The Bertz CT molecular complexity index is 219. The van der Waals surface area contributed by atoms with Crippen LogP contribution < -0.4 is 0 Å². The fourth-order valence-corrected chi connectivity index (χ4v) is 0.542. The van der Waals surface area contributed by atoms with Crippen molar-refractivity contribution in [1.29, 1.82) is 0 Å². The molecule has 0 aliphatic heterocycles. The van der Waals surface area contributed by atoms with Crippen LogP contribution in [0.3, 0.4) is 0 Å². The molecule has 0 radical (unpaired) electrons. The molecule has 1 aromatic rings. The molecule has 0 unspecified atom stereocenters. The Balaban J connectivity index is 2.77. The van der Waals surface area contributed by atoms with E-state index in [2.05, 4.69) is 4.98 Å². The largest absolute Gasteiger partial charge is 0.478 e. The van der Waals surface area contributed by atoms with Gasteiger partial charge in [0.2, 0.25) is 6.23 Å². The average molecular weight is 142 g/mol. The van der Waals surface area contributed by atoms with E-state index in [0.717, 1.165) is 4.57 Å². The van der Waals surface area contributed by atoms with Crippen LogP contribution in [0, 0.1) is 0 Å². The summed E-state index contributed by atoms with van der Waals surface area (Å²) in [6, 6.07) is 0. The number of hydrogen-bond donors (Lipinski definition) is 2. The Morgan fingerprint density at radius 2 is 2.40 bits per heavy atom. The predicted molar refractivity (Wildman–Crippen MR) is 31.1 cm³/mol. The van der Waals surface area contributed by atoms with Gasteiger partial charge in [-0.05, 0) is 0 Å². The Labute approximate surface area is 56.6 Å². The van der Waals surface area contributed by atoms with Crippen molar-refractivity contribution in [2.75, 3.05) is 0 Å². The first-order valence-electron chi connectivity index (χ1n) is 2.60. The fraction of sp³-hybridized carbons (Fsp3) is 0.200. The number of nitrogens with zero attached hydrogens (tertiary/aromatic N) is 2. The molecule has 1 aromatic heterocycles. The zero-order valence-corrected chi connectivity index (χ0v) is 5.01. The molecule has 1 atom stereocenters. The van der Waals surface area contributed by atoms with Gasteiger partial charge in [-0.1, -0.05) is 0 Å². The van der Waals surface area contributed by atoms with Gasteiger partial charge in [-0.3, -0.25) is 0 Å². The maximum Gasteiger partial charge on any atom is 0.354 e. The summed E-state index contributed by atoms with van der Waals surface area (Å²) in [5.41, 5.74) is 0. The molecule has 5 nitrogen and oxygen atoms in total. The van der Waals surface area contributed by atoms with Crippen molar-refractivity contribution in [1.82, 2.24) is 9.55 Å². The van der Waals surface area contributed by atoms with Gasteiger partial charge in [0.15, 0.2) is 0 Å². The summed E-state index contributed by atoms with van der Waals surface area (Å²) in [5, 5.41) is 17.1. The van der Waals surface area contributed by atoms with Gasteiger partial charge in [-0.15, -0.1) is 0 Å². The molecule has 0 aromatic carbocycles. The average Bonchev–Trinajstić information content (AvgIpc) is 2.36. The lowest BCUT2D eigenvalue weighted by Gasteiger charge is -2.03. The Kier molecular flexibility index (Phi) is 1.68. The second-order valence-corrected chi connectivity index (χ2v) is 1.72. The van der Waals surface area contributed by atoms with Crippen molar-refractivity contribution in [3.63, 3.8) is 0 Å². The minimum atomic E-state index is -1.53. The van der Waals surface area contributed by atoms with Crippen molar-refractivity contribution in [2.45, 2.75) is 6.23 Å². The molecule has 0 bridgehead atoms. The molecule has 5 heteroatoms. The molecule has 0 spiro atoms. The van der Waals surface area contributed by atoms with Crippen molar-refractivity contribution < 1.29 is 15.0 Å². The van der Waals surface area contributed by atoms with E-state index in [0.29, 0.717) is 0 Å². The second-order valence-electron chi connectivity index (χ2n) is 1.72. The van der Waals surface area contributed by atoms with Crippen LogP contribution in [-0.2, 0) is 4.79 Å². The lowest BCUT2D eigenvalue weighted by molar-refractivity contribution is -0.151. The van der Waals surface area contributed by atoms with E-state index in [4.69, 9.17) is 10.2 Å². The molecular weight excluding hydrogens is 136 g/mol. The third-order valence-electron chi connectivity index (χ3n) is 1.03. The summed E-state index contributed by atoms with van der Waals surface area (Å²) >= 11 is 0. The highest BCUT2D eigenvalue weighted by Crippen LogP contribution is 1.99. The zero-order chi connectivity index (χ0) is 7.56. The topological polar surface area (TPSA) is 75.3 Å². The van der Waals surface area contributed by atoms with Crippen LogP contribution in [0.5, 0.6) is 0 Å². The van der Waals surface area contributed by atoms with Crippen LogP contribution in [0.1, 0.15) is 6.23 Å². The van der Waals surface area contributed by atoms with Crippen molar-refractivity contribution in [3.05, 3.63) is 18.7 Å². The lowest BCUT2D eigenvalue weighted by atomic mass is 10.6. The molecule has 54 valence electrons. The fourth-order valence-electron chi connectivity index (χ4n) is 0.542. The molecule has 2 N–H and O–H groups in total. The number of carboxylic acid groups (broad SMARTS) is 1. The molecular formula is C5H6N2O3. The molecule has 10 heavy (non-hydrogen) atoms. The number of aromatic nitrogens is 2. The number of aliphatic carboxylic acids is 1. The Morgan fingerprint density at radius 1 is 1.70 bits per heavy atom. The molecule has 0 aliphatic carbocycles. The SMILES string of the molecule is O=C(O)[C@@H](O)n1ccnc1. The number of carbonyl (C=O) groups is 1. The number of aliphatic hydroxyl groups excluding tert-OH is 1. The summed E-state index contributed by atoms with van der Waals surface area (Å²) in [6.45, 7) is 0. The molecule has 0 saturated carbocycles. The van der Waals surface area contributed by atoms with E-state index in [1.807, 2.05) is 0 Å². The maximum atomic E-state index is 10.1. The van der Waals surface area contributed by atoms with Crippen LogP contribution in [0.25, 0.3) is 0 Å². The van der Waals surface area contributed by atoms with E-state index < -0.39 is 12.2 Å². The number of aliphatic hydroxyl groups is 1. The van der Waals surface area contributed by atoms with E-state index in [1.165, 1.54) is 18.7 Å². The van der Waals surface area contributed by atoms with Crippen LogP contribution in [0.4, 0.5) is 0 Å². The summed E-state index contributed by atoms with van der Waals surface area (Å²) in [4.78, 5) is 13.7. The minimum Gasteiger partial charge on any atom is -0.478 e. The van der Waals surface area contributed by atoms with Crippen molar-refractivity contribution in [2.24, 2.45) is 0 Å². The smallest absolute Gasteiger partial charge is 0.354 e. The van der Waals surface area contributed by atoms with Crippen LogP contribution in [0.2, 0.25) is 0 Å². The summed E-state index contributed by atoms with van der Waals surface area (Å²) in [5.74, 6) is -1.29. The van der Waals surface area contributed by atoms with E-state index in [-0.39, 0.29) is 0 Å². The molecule has 0 saturated heterocycles. The monoisotopic (exact) mass is 142 g/mol. The standard InChI is InChI=1S/C5H6N2O3/c8-4(5(9)10)7-2-1-6-3-7/h1-4,8H,(H,9,10)/t4-/m1/s1. The van der Waals surface area contributed by atoms with Gasteiger partial charge in [0.1, 0.15) is 0 Å². The number of rotatable bonds is 2. The molecule has 0 fully saturated rings. The molecule has 0 amide bonds. The van der Waals surface area contributed by atoms with Gasteiger partial charge >= 0.3 is 5.97 Å². The van der Waals surface area contributed by atoms with Crippen molar-refractivity contribution >= 4 is 5.97 Å². The highest BCUT2D eigenvalue weighted by atomic mass is 16.4. The normalized spacial score (nSPS) is 12.9. The highest BCUT2D eigenvalue weighted by molar-refractivity contribution is 5.69. The van der Waals surface area contributed by atoms with Gasteiger partial charge in [-0.25, -0.2) is 9.78 Å². The number of hydrogen-bond acceptors (Lipinski definition) is 3. The number of imidazole rings is 1. The third-order valence-corrected chi connectivity index (χ3v) is 1.03. The Morgan fingerprint density at radius 3 is 2.80 bits per heavy atom. The highest BCUT2D eigenvalue weighted by Gasteiger charge is 2.13. The summed E-state index contributed by atoms with van der Waals surface area (Å²) < 4.78 is 1.09. The van der Waals surface area contributed by atoms with E-state index in [1.54, 1.807) is 0 Å². The number of carboxylic acids is 1. The first-order valence-corrected chi connectivity index (χ1v) is 2.60. The molecule has 0 aliphatic rings. The first kappa shape index (κ1) is 6.76. The van der Waals surface area contributed by atoms with Crippen LogP contribution >= 0.6 is 0 Å². The third kappa shape index (κ3) is 1.14. The zero-order valence-electron chi connectivity index (χ0n) is 5.01. The summed E-state index contributed by atoms with van der Waals surface area (Å²) in [7, 11) is 0. The van der Waals surface area contributed by atoms with E-state index >= 15 is 0 Å². The minimum absolute atomic E-state index is 1.09. The molecule has 1 heterocycles. The lowest BCUT2D eigenvalue weighted by Crippen LogP contribution is -2.16. The predicted octanol–water partition coefficient (Wildman–Crippen LogP) is -0.541. The van der Waals surface area contributed by atoms with Gasteiger partial charge in [0, 0.05) is 12.4 Å². The summed E-state index contributed by atoms with van der Waals surface area (Å²) in [6.07, 6.45) is 2.48. The quantitative estimate of drug-likeness (QED) is 0.581. The van der Waals surface area contributed by atoms with Crippen LogP contribution in [-0.4, -0.2) is 25.7 Å². The van der Waals surface area contributed by atoms with Gasteiger partial charge in [0.25, 0.3) is 0 Å². The van der Waals surface area contributed by atoms with Gasteiger partial charge in [0.05, 0.1) is 6.33 Å². The first-order chi connectivity index (χ1) is 4.72. The van der Waals surface area contributed by atoms with Gasteiger partial charge in [-0.2, -0.15) is 0 Å². The van der Waals surface area contributed by atoms with E-state index in [9.17, 15) is 4.79 Å². The van der Waals surface area contributed by atoms with Gasteiger partial charge < -0.3 is 14.8 Å².